The van der Waals surface area contributed by atoms with Crippen LogP contribution in [0.4, 0.5) is 0 Å². The molecule has 0 N–H and O–H groups in total. The second-order valence-electron chi connectivity index (χ2n) is 6.36. The number of nitrogens with zero attached hydrogens (tertiary/aromatic N) is 4. The number of fused-ring (bicyclic) bond motifs is 1. The molecule has 0 unspecified atom stereocenters. The van der Waals surface area contributed by atoms with Gasteiger partial charge in [0.2, 0.25) is 0 Å². The molecule has 0 bridgehead atoms. The molecule has 0 saturated carbocycles. The average Bonchev–Trinajstić information content (AvgIpc) is 3.18. The van der Waals surface area contributed by atoms with E-state index in [4.69, 9.17) is 11.6 Å². The van der Waals surface area contributed by atoms with Crippen LogP contribution < -0.4 is 0 Å². The van der Waals surface area contributed by atoms with Crippen LogP contribution in [0.1, 0.15) is 17.3 Å². The molecule has 0 spiro atoms. The summed E-state index contributed by atoms with van der Waals surface area (Å²) in [6.45, 7) is 0.485. The molecule has 0 saturated heterocycles. The summed E-state index contributed by atoms with van der Waals surface area (Å²) in [6, 6.07) is 14.3. The first-order valence-electron chi connectivity index (χ1n) is 8.13. The standard InChI is InChI=1S/C18H17ClN4O2S/c1-22(11-14-10-20-23(21-14)15-5-3-2-4-6-15)17-12-26(24,25)18-8-7-13(19)9-16(17)18/h2-10,17H,11-12H2,1H3/t17-/m0/s1. The van der Waals surface area contributed by atoms with Gasteiger partial charge in [0, 0.05) is 11.6 Å². The maximum atomic E-state index is 12.4. The van der Waals surface area contributed by atoms with Crippen LogP contribution in [0.25, 0.3) is 5.69 Å². The fraction of sp³-hybridized carbons (Fsp3) is 0.222. The van der Waals surface area contributed by atoms with E-state index < -0.39 is 9.84 Å². The molecular weight excluding hydrogens is 372 g/mol. The molecule has 1 aliphatic rings. The second kappa shape index (κ2) is 6.50. The van der Waals surface area contributed by atoms with E-state index in [1.54, 1.807) is 29.2 Å². The largest absolute Gasteiger partial charge is 0.292 e. The minimum atomic E-state index is -3.29. The van der Waals surface area contributed by atoms with Crippen molar-refractivity contribution in [2.24, 2.45) is 0 Å². The summed E-state index contributed by atoms with van der Waals surface area (Å²) in [4.78, 5) is 3.91. The van der Waals surface area contributed by atoms with Gasteiger partial charge in [0.05, 0.1) is 34.3 Å². The van der Waals surface area contributed by atoms with Gasteiger partial charge in [0.1, 0.15) is 0 Å². The number of benzene rings is 2. The first-order valence-corrected chi connectivity index (χ1v) is 10.2. The van der Waals surface area contributed by atoms with Gasteiger partial charge < -0.3 is 0 Å². The highest BCUT2D eigenvalue weighted by Crippen LogP contribution is 2.38. The Hall–Kier alpha value is -2.22. The van der Waals surface area contributed by atoms with Crippen molar-refractivity contribution < 1.29 is 8.42 Å². The van der Waals surface area contributed by atoms with Gasteiger partial charge in [-0.15, -0.1) is 0 Å². The minimum Gasteiger partial charge on any atom is -0.292 e. The molecule has 0 amide bonds. The monoisotopic (exact) mass is 388 g/mol. The lowest BCUT2D eigenvalue weighted by Gasteiger charge is -2.23. The van der Waals surface area contributed by atoms with Crippen molar-refractivity contribution in [3.05, 3.63) is 71.0 Å². The zero-order valence-electron chi connectivity index (χ0n) is 14.1. The zero-order valence-corrected chi connectivity index (χ0v) is 15.7. The van der Waals surface area contributed by atoms with Crippen molar-refractivity contribution in [2.45, 2.75) is 17.5 Å². The highest BCUT2D eigenvalue weighted by molar-refractivity contribution is 7.91. The van der Waals surface area contributed by atoms with Crippen molar-refractivity contribution >= 4 is 21.4 Å². The van der Waals surface area contributed by atoms with E-state index in [0.717, 1.165) is 16.9 Å². The Morgan fingerprint density at radius 1 is 1.23 bits per heavy atom. The third-order valence-electron chi connectivity index (χ3n) is 4.51. The summed E-state index contributed by atoms with van der Waals surface area (Å²) >= 11 is 6.08. The van der Waals surface area contributed by atoms with Gasteiger partial charge in [0.25, 0.3) is 0 Å². The molecule has 1 aromatic heterocycles. The third kappa shape index (κ3) is 3.13. The van der Waals surface area contributed by atoms with Crippen LogP contribution in [0.3, 0.4) is 0 Å². The number of aromatic nitrogens is 3. The van der Waals surface area contributed by atoms with Crippen LogP contribution in [-0.2, 0) is 16.4 Å². The maximum Gasteiger partial charge on any atom is 0.180 e. The fourth-order valence-electron chi connectivity index (χ4n) is 3.23. The van der Waals surface area contributed by atoms with Crippen LogP contribution in [-0.4, -0.2) is 41.1 Å². The summed E-state index contributed by atoms with van der Waals surface area (Å²) in [5.41, 5.74) is 2.39. The van der Waals surface area contributed by atoms with E-state index in [9.17, 15) is 8.42 Å². The summed E-state index contributed by atoms with van der Waals surface area (Å²) in [7, 11) is -1.40. The summed E-state index contributed by atoms with van der Waals surface area (Å²) < 4.78 is 24.8. The summed E-state index contributed by atoms with van der Waals surface area (Å²) in [6.07, 6.45) is 1.70. The Morgan fingerprint density at radius 3 is 2.77 bits per heavy atom. The zero-order chi connectivity index (χ0) is 18.3. The molecule has 3 aromatic rings. The fourth-order valence-corrected chi connectivity index (χ4v) is 5.27. The molecule has 2 heterocycles. The molecule has 0 aliphatic carbocycles. The number of sulfone groups is 1. The Kier molecular flexibility index (Phi) is 4.30. The molecule has 8 heteroatoms. The van der Waals surface area contributed by atoms with Gasteiger partial charge in [-0.1, -0.05) is 29.8 Å². The predicted molar refractivity (Wildman–Crippen MR) is 99.1 cm³/mol. The van der Waals surface area contributed by atoms with Crippen molar-refractivity contribution in [3.63, 3.8) is 0 Å². The molecule has 4 rings (SSSR count). The highest BCUT2D eigenvalue weighted by Gasteiger charge is 2.37. The van der Waals surface area contributed by atoms with Crippen molar-refractivity contribution in [1.82, 2.24) is 19.9 Å². The number of hydrogen-bond acceptors (Lipinski definition) is 5. The predicted octanol–water partition coefficient (Wildman–Crippen LogP) is 2.88. The second-order valence-corrected chi connectivity index (χ2v) is 8.79. The molecule has 0 fully saturated rings. The molecule has 134 valence electrons. The topological polar surface area (TPSA) is 68.1 Å². The lowest BCUT2D eigenvalue weighted by Crippen LogP contribution is -2.25. The van der Waals surface area contributed by atoms with E-state index >= 15 is 0 Å². The average molecular weight is 389 g/mol. The Balaban J connectivity index is 1.58. The molecular formula is C18H17ClN4O2S. The van der Waals surface area contributed by atoms with Gasteiger partial charge in [-0.2, -0.15) is 15.0 Å². The molecule has 2 aromatic carbocycles. The quantitative estimate of drug-likeness (QED) is 0.687. The van der Waals surface area contributed by atoms with Crippen molar-refractivity contribution in [2.75, 3.05) is 12.8 Å². The van der Waals surface area contributed by atoms with E-state index in [0.29, 0.717) is 16.5 Å². The Morgan fingerprint density at radius 2 is 2.00 bits per heavy atom. The smallest absolute Gasteiger partial charge is 0.180 e. The first kappa shape index (κ1) is 17.2. The number of hydrogen-bond donors (Lipinski definition) is 0. The maximum absolute atomic E-state index is 12.4. The van der Waals surface area contributed by atoms with E-state index in [1.165, 1.54) is 0 Å². The molecule has 1 aliphatic heterocycles. The molecule has 26 heavy (non-hydrogen) atoms. The SMILES string of the molecule is CN(Cc1cnn(-c2ccccc2)n1)[C@H]1CS(=O)(=O)c2ccc(Cl)cc21. The van der Waals surface area contributed by atoms with Gasteiger partial charge in [-0.05, 0) is 42.9 Å². The minimum absolute atomic E-state index is 0.0476. The third-order valence-corrected chi connectivity index (χ3v) is 6.54. The summed E-state index contributed by atoms with van der Waals surface area (Å²) in [5.74, 6) is 0.0476. The van der Waals surface area contributed by atoms with Gasteiger partial charge in [-0.25, -0.2) is 8.42 Å². The Bertz CT molecular complexity index is 1050. The number of rotatable bonds is 4. The lowest BCUT2D eigenvalue weighted by atomic mass is 10.1. The van der Waals surface area contributed by atoms with Crippen LogP contribution in [0, 0.1) is 0 Å². The van der Waals surface area contributed by atoms with E-state index in [-0.39, 0.29) is 11.8 Å². The van der Waals surface area contributed by atoms with Crippen LogP contribution in [0.2, 0.25) is 5.02 Å². The van der Waals surface area contributed by atoms with E-state index in [1.807, 2.05) is 42.3 Å². The van der Waals surface area contributed by atoms with Crippen LogP contribution in [0.5, 0.6) is 0 Å². The van der Waals surface area contributed by atoms with Gasteiger partial charge in [-0.3, -0.25) is 4.90 Å². The Labute approximate surface area is 156 Å². The number of halogens is 1. The molecule has 1 atom stereocenters. The molecule has 6 nitrogen and oxygen atoms in total. The lowest BCUT2D eigenvalue weighted by molar-refractivity contribution is 0.253. The van der Waals surface area contributed by atoms with Crippen LogP contribution in [0.15, 0.2) is 59.6 Å². The van der Waals surface area contributed by atoms with Gasteiger partial charge in [0.15, 0.2) is 9.84 Å². The van der Waals surface area contributed by atoms with Crippen LogP contribution >= 0.6 is 11.6 Å². The first-order chi connectivity index (χ1) is 12.4. The van der Waals surface area contributed by atoms with Gasteiger partial charge >= 0.3 is 0 Å². The highest BCUT2D eigenvalue weighted by atomic mass is 35.5. The van der Waals surface area contributed by atoms with Crippen molar-refractivity contribution in [3.8, 4) is 5.69 Å². The van der Waals surface area contributed by atoms with Crippen molar-refractivity contribution in [1.29, 1.82) is 0 Å². The number of para-hydroxylation sites is 1. The normalized spacial score (nSPS) is 18.2. The summed E-state index contributed by atoms with van der Waals surface area (Å²) in [5, 5.41) is 9.32. The molecule has 0 radical (unpaired) electrons. The van der Waals surface area contributed by atoms with E-state index in [2.05, 4.69) is 10.2 Å².